The third-order valence-corrected chi connectivity index (χ3v) is 7.57. The van der Waals surface area contributed by atoms with Crippen LogP contribution in [0, 0.1) is 5.92 Å². The number of hydrogen-bond donors (Lipinski definition) is 0. The van der Waals surface area contributed by atoms with Crippen molar-refractivity contribution in [1.29, 1.82) is 0 Å². The Morgan fingerprint density at radius 1 is 0.900 bits per heavy atom. The van der Waals surface area contributed by atoms with Crippen molar-refractivity contribution >= 4 is 17.5 Å². The molecular formula is C34H35NO5. The quantitative estimate of drug-likeness (QED) is 0.296. The van der Waals surface area contributed by atoms with Gasteiger partial charge in [-0.25, -0.2) is 0 Å². The first kappa shape index (κ1) is 27.4. The van der Waals surface area contributed by atoms with Crippen LogP contribution in [-0.4, -0.2) is 30.7 Å². The number of rotatable bonds is 8. The highest BCUT2D eigenvalue weighted by atomic mass is 16.5. The fraction of sp³-hybridized carbons (Fsp3) is 0.324. The van der Waals surface area contributed by atoms with Gasteiger partial charge in [0.15, 0.2) is 5.78 Å². The van der Waals surface area contributed by atoms with E-state index in [0.717, 1.165) is 33.9 Å². The molecule has 206 valence electrons. The summed E-state index contributed by atoms with van der Waals surface area (Å²) >= 11 is 0. The minimum Gasteiger partial charge on any atom is -0.497 e. The Bertz CT molecular complexity index is 1420. The van der Waals surface area contributed by atoms with Crippen molar-refractivity contribution in [2.24, 2.45) is 10.9 Å². The Labute approximate surface area is 235 Å². The first-order valence-corrected chi connectivity index (χ1v) is 13.8. The molecule has 0 spiro atoms. The molecule has 0 saturated heterocycles. The lowest BCUT2D eigenvalue weighted by molar-refractivity contribution is -0.150. The van der Waals surface area contributed by atoms with Gasteiger partial charge >= 0.3 is 5.97 Å². The maximum atomic E-state index is 13.8. The zero-order valence-corrected chi connectivity index (χ0v) is 23.4. The van der Waals surface area contributed by atoms with E-state index in [4.69, 9.17) is 19.2 Å². The monoisotopic (exact) mass is 537 g/mol. The van der Waals surface area contributed by atoms with E-state index in [1.54, 1.807) is 7.11 Å². The maximum absolute atomic E-state index is 13.8. The largest absolute Gasteiger partial charge is 0.497 e. The Morgan fingerprint density at radius 2 is 1.55 bits per heavy atom. The van der Waals surface area contributed by atoms with E-state index in [1.165, 1.54) is 0 Å². The molecule has 6 nitrogen and oxygen atoms in total. The molecule has 0 radical (unpaired) electrons. The lowest BCUT2D eigenvalue weighted by Gasteiger charge is -2.36. The molecule has 3 aromatic rings. The van der Waals surface area contributed by atoms with Gasteiger partial charge < -0.3 is 14.2 Å². The third kappa shape index (κ3) is 5.86. The summed E-state index contributed by atoms with van der Waals surface area (Å²) in [4.78, 5) is 32.1. The predicted octanol–water partition coefficient (Wildman–Crippen LogP) is 6.80. The highest BCUT2D eigenvalue weighted by molar-refractivity contribution is 6.09. The van der Waals surface area contributed by atoms with E-state index in [9.17, 15) is 9.59 Å². The normalized spacial score (nSPS) is 20.6. The van der Waals surface area contributed by atoms with Crippen molar-refractivity contribution in [3.8, 4) is 11.5 Å². The minimum absolute atomic E-state index is 0.0160. The number of methoxy groups -OCH3 is 1. The van der Waals surface area contributed by atoms with E-state index in [0.29, 0.717) is 30.7 Å². The molecule has 3 atom stereocenters. The van der Waals surface area contributed by atoms with Gasteiger partial charge in [0, 0.05) is 29.3 Å². The molecule has 5 rings (SSSR count). The van der Waals surface area contributed by atoms with Crippen LogP contribution in [0.5, 0.6) is 11.5 Å². The number of carbonyl (C=O) groups is 2. The summed E-state index contributed by atoms with van der Waals surface area (Å²) in [5, 5.41) is 0. The molecule has 0 bridgehead atoms. The number of ether oxygens (including phenoxy) is 3. The molecule has 3 aromatic carbocycles. The first-order chi connectivity index (χ1) is 19.3. The van der Waals surface area contributed by atoms with Crippen LogP contribution in [0.1, 0.15) is 62.1 Å². The highest BCUT2D eigenvalue weighted by Crippen LogP contribution is 2.47. The third-order valence-electron chi connectivity index (χ3n) is 7.57. The number of hydrogen-bond acceptors (Lipinski definition) is 6. The molecule has 1 heterocycles. The summed E-state index contributed by atoms with van der Waals surface area (Å²) < 4.78 is 16.9. The first-order valence-electron chi connectivity index (χ1n) is 13.8. The Kier molecular flexibility index (Phi) is 8.15. The molecule has 1 unspecified atom stereocenters. The van der Waals surface area contributed by atoms with Crippen LogP contribution >= 0.6 is 0 Å². The maximum Gasteiger partial charge on any atom is 0.315 e. The number of nitrogens with zero attached hydrogens (tertiary/aromatic N) is 1. The van der Waals surface area contributed by atoms with Crippen molar-refractivity contribution in [2.75, 3.05) is 7.11 Å². The van der Waals surface area contributed by atoms with Gasteiger partial charge in [-0.1, -0.05) is 54.6 Å². The second-order valence-electron chi connectivity index (χ2n) is 10.7. The summed E-state index contributed by atoms with van der Waals surface area (Å²) in [6.45, 7) is 5.98. The fourth-order valence-corrected chi connectivity index (χ4v) is 5.65. The SMILES string of the molecule is COc1ccc([C@@H]2CC(=O)C3=C(C2)N=C(C)C(C(=O)OC(C)C)[C@H]3c2ccc(OCc3ccccc3)cc2)cc1. The molecule has 0 amide bonds. The molecule has 1 aliphatic heterocycles. The molecule has 0 fully saturated rings. The lowest BCUT2D eigenvalue weighted by Crippen LogP contribution is -2.38. The summed E-state index contributed by atoms with van der Waals surface area (Å²) in [6, 6.07) is 25.5. The van der Waals surface area contributed by atoms with Crippen LogP contribution in [-0.2, 0) is 20.9 Å². The van der Waals surface area contributed by atoms with Crippen molar-refractivity contribution in [1.82, 2.24) is 0 Å². The molecule has 0 saturated carbocycles. The molecule has 6 heteroatoms. The molecule has 0 N–H and O–H groups in total. The summed E-state index contributed by atoms with van der Waals surface area (Å²) in [5.41, 5.74) is 5.08. The Morgan fingerprint density at radius 3 is 2.20 bits per heavy atom. The predicted molar refractivity (Wildman–Crippen MR) is 155 cm³/mol. The van der Waals surface area contributed by atoms with Crippen LogP contribution in [0.3, 0.4) is 0 Å². The van der Waals surface area contributed by atoms with Crippen molar-refractivity contribution in [3.05, 3.63) is 107 Å². The second kappa shape index (κ2) is 11.9. The van der Waals surface area contributed by atoms with E-state index >= 15 is 0 Å². The van der Waals surface area contributed by atoms with Crippen molar-refractivity contribution < 1.29 is 23.8 Å². The van der Waals surface area contributed by atoms with Gasteiger partial charge in [0.05, 0.1) is 13.2 Å². The van der Waals surface area contributed by atoms with Crippen LogP contribution in [0.2, 0.25) is 0 Å². The van der Waals surface area contributed by atoms with E-state index in [2.05, 4.69) is 0 Å². The average Bonchev–Trinajstić information content (AvgIpc) is 2.95. The smallest absolute Gasteiger partial charge is 0.315 e. The van der Waals surface area contributed by atoms with Gasteiger partial charge in [-0.15, -0.1) is 0 Å². The van der Waals surface area contributed by atoms with Crippen LogP contribution in [0.25, 0.3) is 0 Å². The van der Waals surface area contributed by atoms with Gasteiger partial charge in [0.25, 0.3) is 0 Å². The number of benzene rings is 3. The average molecular weight is 538 g/mol. The summed E-state index contributed by atoms with van der Waals surface area (Å²) in [7, 11) is 1.64. The summed E-state index contributed by atoms with van der Waals surface area (Å²) in [5.74, 6) is 0.0449. The topological polar surface area (TPSA) is 74.2 Å². The van der Waals surface area contributed by atoms with Gasteiger partial charge in [-0.3, -0.25) is 14.6 Å². The number of aliphatic imine (C=N–C) groups is 1. The van der Waals surface area contributed by atoms with Gasteiger partial charge in [0.2, 0.25) is 0 Å². The zero-order chi connectivity index (χ0) is 28.2. The van der Waals surface area contributed by atoms with Crippen molar-refractivity contribution in [2.45, 2.75) is 58.2 Å². The molecular weight excluding hydrogens is 502 g/mol. The number of esters is 1. The number of carbonyl (C=O) groups excluding carboxylic acids is 2. The fourth-order valence-electron chi connectivity index (χ4n) is 5.65. The van der Waals surface area contributed by atoms with E-state index < -0.39 is 11.8 Å². The van der Waals surface area contributed by atoms with Gasteiger partial charge in [-0.2, -0.15) is 0 Å². The Balaban J connectivity index is 1.47. The number of Topliss-reactive ketones (excluding diaryl/α,β-unsaturated/α-hetero) is 1. The van der Waals surface area contributed by atoms with Crippen LogP contribution < -0.4 is 9.47 Å². The van der Waals surface area contributed by atoms with E-state index in [-0.39, 0.29) is 23.8 Å². The number of allylic oxidation sites excluding steroid dienone is 2. The zero-order valence-electron chi connectivity index (χ0n) is 23.4. The van der Waals surface area contributed by atoms with E-state index in [1.807, 2.05) is 99.6 Å². The van der Waals surface area contributed by atoms with Crippen LogP contribution in [0.4, 0.5) is 0 Å². The second-order valence-corrected chi connectivity index (χ2v) is 10.7. The molecule has 40 heavy (non-hydrogen) atoms. The number of ketones is 1. The molecule has 0 aromatic heterocycles. The Hall–Kier alpha value is -4.19. The highest BCUT2D eigenvalue weighted by Gasteiger charge is 2.45. The molecule has 2 aliphatic rings. The van der Waals surface area contributed by atoms with Gasteiger partial charge in [0.1, 0.15) is 24.0 Å². The minimum atomic E-state index is -0.668. The summed E-state index contributed by atoms with van der Waals surface area (Å²) in [6.07, 6.45) is 0.720. The lowest BCUT2D eigenvalue weighted by atomic mass is 9.69. The van der Waals surface area contributed by atoms with Crippen molar-refractivity contribution in [3.63, 3.8) is 0 Å². The van der Waals surface area contributed by atoms with Crippen LogP contribution in [0.15, 0.2) is 95.1 Å². The van der Waals surface area contributed by atoms with Gasteiger partial charge in [-0.05, 0) is 74.1 Å². The standard InChI is InChI=1S/C34H35NO5/c1-21(2)40-34(37)31-22(3)35-29-18-26(24-10-14-27(38-4)15-11-24)19-30(36)33(29)32(31)25-12-16-28(17-13-25)39-20-23-8-6-5-7-9-23/h5-17,21,26,31-32H,18-20H2,1-4H3/t26-,31?,32+/m0/s1. The molecule has 1 aliphatic carbocycles.